The molecule has 1 aromatic carbocycles. The first-order valence-electron chi connectivity index (χ1n) is 7.73. The van der Waals surface area contributed by atoms with Crippen molar-refractivity contribution in [1.29, 1.82) is 0 Å². The van der Waals surface area contributed by atoms with E-state index < -0.39 is 0 Å². The third kappa shape index (κ3) is 3.74. The van der Waals surface area contributed by atoms with Crippen LogP contribution in [0, 0.1) is 0 Å². The lowest BCUT2D eigenvalue weighted by atomic mass is 10.1. The first-order chi connectivity index (χ1) is 10.8. The maximum atomic E-state index is 5.53. The van der Waals surface area contributed by atoms with Crippen molar-refractivity contribution in [3.05, 3.63) is 48.6 Å². The summed E-state index contributed by atoms with van der Waals surface area (Å²) in [6, 6.07) is 9.86. The van der Waals surface area contributed by atoms with Crippen molar-refractivity contribution in [3.8, 4) is 11.4 Å². The number of aromatic nitrogens is 2. The molecule has 1 aliphatic heterocycles. The van der Waals surface area contributed by atoms with E-state index in [1.165, 1.54) is 0 Å². The molecule has 0 fully saturated rings. The minimum Gasteiger partial charge on any atom is -0.497 e. The van der Waals surface area contributed by atoms with Crippen LogP contribution in [-0.2, 0) is 4.74 Å². The Morgan fingerprint density at radius 2 is 2.18 bits per heavy atom. The van der Waals surface area contributed by atoms with Crippen LogP contribution in [0.5, 0.6) is 0 Å². The van der Waals surface area contributed by atoms with Gasteiger partial charge in [-0.1, -0.05) is 42.4 Å². The van der Waals surface area contributed by atoms with Gasteiger partial charge in [-0.2, -0.15) is 4.98 Å². The van der Waals surface area contributed by atoms with Crippen LogP contribution < -0.4 is 5.32 Å². The smallest absolute Gasteiger partial charge is 0.231 e. The fourth-order valence-electron chi connectivity index (χ4n) is 2.42. The second-order valence-corrected chi connectivity index (χ2v) is 5.59. The first-order valence-corrected chi connectivity index (χ1v) is 7.73. The molecule has 0 saturated carbocycles. The highest BCUT2D eigenvalue weighted by Crippen LogP contribution is 2.19. The second-order valence-electron chi connectivity index (χ2n) is 5.59. The van der Waals surface area contributed by atoms with Crippen LogP contribution in [-0.4, -0.2) is 29.3 Å². The van der Waals surface area contributed by atoms with E-state index in [0.717, 1.165) is 31.5 Å². The fourth-order valence-corrected chi connectivity index (χ4v) is 2.42. The van der Waals surface area contributed by atoms with Crippen molar-refractivity contribution in [1.82, 2.24) is 15.5 Å². The summed E-state index contributed by atoms with van der Waals surface area (Å²) >= 11 is 0. The van der Waals surface area contributed by atoms with Gasteiger partial charge in [-0.25, -0.2) is 0 Å². The Hall–Kier alpha value is -2.14. The van der Waals surface area contributed by atoms with Gasteiger partial charge in [0.2, 0.25) is 11.7 Å². The minimum absolute atomic E-state index is 0.170. The molecule has 2 aromatic rings. The molecule has 116 valence electrons. The predicted octanol–water partition coefficient (Wildman–Crippen LogP) is 3.12. The van der Waals surface area contributed by atoms with Gasteiger partial charge >= 0.3 is 0 Å². The van der Waals surface area contributed by atoms with Crippen molar-refractivity contribution in [2.75, 3.05) is 13.1 Å². The summed E-state index contributed by atoms with van der Waals surface area (Å²) in [6.07, 6.45) is 6.27. The second kappa shape index (κ2) is 7.22. The third-order valence-electron chi connectivity index (χ3n) is 3.74. The zero-order chi connectivity index (χ0) is 15.2. The molecule has 0 unspecified atom stereocenters. The molecule has 0 radical (unpaired) electrons. The highest BCUT2D eigenvalue weighted by Gasteiger charge is 2.16. The van der Waals surface area contributed by atoms with Gasteiger partial charge in [0.05, 0.1) is 6.26 Å². The summed E-state index contributed by atoms with van der Waals surface area (Å²) in [5.41, 5.74) is 0.972. The highest BCUT2D eigenvalue weighted by molar-refractivity contribution is 5.53. The Kier molecular flexibility index (Phi) is 4.85. The van der Waals surface area contributed by atoms with Gasteiger partial charge in [0, 0.05) is 24.6 Å². The van der Waals surface area contributed by atoms with Crippen molar-refractivity contribution >= 4 is 0 Å². The van der Waals surface area contributed by atoms with E-state index >= 15 is 0 Å². The lowest BCUT2D eigenvalue weighted by Gasteiger charge is -2.20. The summed E-state index contributed by atoms with van der Waals surface area (Å²) in [5.74, 6) is 1.48. The maximum absolute atomic E-state index is 5.53. The summed E-state index contributed by atoms with van der Waals surface area (Å²) in [5, 5.41) is 7.47. The molecule has 1 aliphatic rings. The molecular formula is C17H21N3O2. The van der Waals surface area contributed by atoms with E-state index in [1.807, 2.05) is 30.3 Å². The molecule has 5 nitrogen and oxygen atoms in total. The number of rotatable bonds is 6. The monoisotopic (exact) mass is 299 g/mol. The van der Waals surface area contributed by atoms with Crippen LogP contribution in [0.1, 0.15) is 31.6 Å². The van der Waals surface area contributed by atoms with Crippen LogP contribution in [0.2, 0.25) is 0 Å². The molecule has 0 aliphatic carbocycles. The van der Waals surface area contributed by atoms with Gasteiger partial charge in [-0.05, 0) is 18.9 Å². The SMILES string of the molecule is C[C@@H](CNC[C@H]1CCC=CO1)c1nc(-c2ccccc2)no1. The number of allylic oxidation sites excluding steroid dienone is 1. The van der Waals surface area contributed by atoms with E-state index in [0.29, 0.717) is 11.7 Å². The topological polar surface area (TPSA) is 60.2 Å². The molecule has 2 atom stereocenters. The van der Waals surface area contributed by atoms with Crippen molar-refractivity contribution in [2.45, 2.75) is 31.8 Å². The molecule has 0 amide bonds. The molecule has 22 heavy (non-hydrogen) atoms. The van der Waals surface area contributed by atoms with E-state index in [2.05, 4.69) is 28.5 Å². The number of benzene rings is 1. The summed E-state index contributed by atoms with van der Waals surface area (Å²) in [4.78, 5) is 4.49. The predicted molar refractivity (Wildman–Crippen MR) is 84.3 cm³/mol. The van der Waals surface area contributed by atoms with E-state index in [1.54, 1.807) is 6.26 Å². The van der Waals surface area contributed by atoms with Crippen molar-refractivity contribution < 1.29 is 9.26 Å². The Morgan fingerprint density at radius 1 is 1.32 bits per heavy atom. The summed E-state index contributed by atoms with van der Waals surface area (Å²) in [6.45, 7) is 3.71. The summed E-state index contributed by atoms with van der Waals surface area (Å²) < 4.78 is 10.9. The average Bonchev–Trinajstić information content (AvgIpc) is 3.07. The first kappa shape index (κ1) is 14.8. The lowest BCUT2D eigenvalue weighted by molar-refractivity contribution is 0.122. The molecule has 3 rings (SSSR count). The molecule has 1 N–H and O–H groups in total. The van der Waals surface area contributed by atoms with Gasteiger partial charge in [0.15, 0.2) is 0 Å². The maximum Gasteiger partial charge on any atom is 0.231 e. The normalized spacial score (nSPS) is 18.9. The van der Waals surface area contributed by atoms with Crippen molar-refractivity contribution in [3.63, 3.8) is 0 Å². The standard InChI is InChI=1S/C17H21N3O2/c1-13(11-18-12-15-9-5-6-10-21-15)17-19-16(20-22-17)14-7-3-2-4-8-14/h2-4,6-8,10,13,15,18H,5,9,11-12H2,1H3/t13-,15+/m0/s1. The lowest BCUT2D eigenvalue weighted by Crippen LogP contribution is -2.31. The zero-order valence-electron chi connectivity index (χ0n) is 12.7. The Balaban J connectivity index is 1.51. The van der Waals surface area contributed by atoms with E-state index in [9.17, 15) is 0 Å². The third-order valence-corrected chi connectivity index (χ3v) is 3.74. The van der Waals surface area contributed by atoms with Crippen LogP contribution in [0.25, 0.3) is 11.4 Å². The number of nitrogens with zero attached hydrogens (tertiary/aromatic N) is 2. The number of ether oxygens (including phenoxy) is 1. The number of hydrogen-bond donors (Lipinski definition) is 1. The van der Waals surface area contributed by atoms with Gasteiger partial charge in [-0.3, -0.25) is 0 Å². The molecule has 5 heteroatoms. The Morgan fingerprint density at radius 3 is 2.95 bits per heavy atom. The van der Waals surface area contributed by atoms with Crippen molar-refractivity contribution in [2.24, 2.45) is 0 Å². The van der Waals surface area contributed by atoms with Gasteiger partial charge in [0.25, 0.3) is 0 Å². The quantitative estimate of drug-likeness (QED) is 0.888. The van der Waals surface area contributed by atoms with E-state index in [4.69, 9.17) is 9.26 Å². The van der Waals surface area contributed by atoms with Gasteiger partial charge < -0.3 is 14.6 Å². The van der Waals surface area contributed by atoms with Gasteiger partial charge in [-0.15, -0.1) is 0 Å². The Labute approximate surface area is 130 Å². The molecule has 2 heterocycles. The fraction of sp³-hybridized carbons (Fsp3) is 0.412. The number of hydrogen-bond acceptors (Lipinski definition) is 5. The molecule has 0 saturated heterocycles. The van der Waals surface area contributed by atoms with Crippen LogP contribution >= 0.6 is 0 Å². The minimum atomic E-state index is 0.170. The van der Waals surface area contributed by atoms with E-state index in [-0.39, 0.29) is 12.0 Å². The molecular weight excluding hydrogens is 278 g/mol. The van der Waals surface area contributed by atoms with Crippen LogP contribution in [0.4, 0.5) is 0 Å². The molecule has 0 bridgehead atoms. The van der Waals surface area contributed by atoms with Gasteiger partial charge in [0.1, 0.15) is 6.10 Å². The largest absolute Gasteiger partial charge is 0.497 e. The number of nitrogens with one attached hydrogen (secondary N) is 1. The zero-order valence-corrected chi connectivity index (χ0v) is 12.7. The highest BCUT2D eigenvalue weighted by atomic mass is 16.5. The molecule has 0 spiro atoms. The average molecular weight is 299 g/mol. The van der Waals surface area contributed by atoms with Crippen LogP contribution in [0.15, 0.2) is 47.2 Å². The molecule has 1 aromatic heterocycles. The Bertz CT molecular complexity index is 609. The van der Waals surface area contributed by atoms with Crippen LogP contribution in [0.3, 0.4) is 0 Å². The summed E-state index contributed by atoms with van der Waals surface area (Å²) in [7, 11) is 0.